The molecule has 2 heterocycles. The van der Waals surface area contributed by atoms with Gasteiger partial charge < -0.3 is 5.32 Å². The summed E-state index contributed by atoms with van der Waals surface area (Å²) in [6.45, 7) is 4.45. The van der Waals surface area contributed by atoms with Crippen molar-refractivity contribution in [2.24, 2.45) is 0 Å². The number of rotatable bonds is 7. The van der Waals surface area contributed by atoms with Gasteiger partial charge in [0.2, 0.25) is 5.91 Å². The number of amides is 1. The fourth-order valence-electron chi connectivity index (χ4n) is 3.48. The highest BCUT2D eigenvalue weighted by Crippen LogP contribution is 2.37. The van der Waals surface area contributed by atoms with Crippen LogP contribution < -0.4 is 5.32 Å². The monoisotopic (exact) mass is 478 g/mol. The molecule has 5 nitrogen and oxygen atoms in total. The third-order valence-electron chi connectivity index (χ3n) is 4.87. The molecule has 0 fully saturated rings. The fraction of sp³-hybridized carbons (Fsp3) is 0.286. The second-order valence-electron chi connectivity index (χ2n) is 6.92. The third-order valence-corrected chi connectivity index (χ3v) is 7.49. The predicted octanol–water partition coefficient (Wildman–Crippen LogP) is 6.11. The summed E-state index contributed by atoms with van der Waals surface area (Å²) in [7, 11) is 0. The molecule has 0 saturated heterocycles. The van der Waals surface area contributed by atoms with Crippen molar-refractivity contribution < 1.29 is 4.79 Å². The number of thiophene rings is 1. The highest BCUT2D eigenvalue weighted by Gasteiger charge is 2.22. The molecule has 1 N–H and O–H groups in total. The number of hydrogen-bond donors (Lipinski definition) is 1. The molecule has 2 aromatic heterocycles. The van der Waals surface area contributed by atoms with Crippen molar-refractivity contribution in [1.82, 2.24) is 14.8 Å². The Kier molecular flexibility index (Phi) is 6.83. The molecule has 1 aliphatic carbocycles. The SMILES string of the molecule is C=CCn1c(SCC(=O)Nc2cc(Cl)ccc2Cl)nnc1-c1csc2c1CCCC2. The average molecular weight is 479 g/mol. The Morgan fingerprint density at radius 3 is 2.97 bits per heavy atom. The van der Waals surface area contributed by atoms with Crippen molar-refractivity contribution in [3.05, 3.63) is 56.7 Å². The topological polar surface area (TPSA) is 59.8 Å². The third kappa shape index (κ3) is 4.59. The standard InChI is InChI=1S/C21H20Cl2N4OS2/c1-2-9-27-20(15-11-29-18-6-4-3-5-14(15)18)25-26-21(27)30-12-19(28)24-17-10-13(22)7-8-16(17)23/h2,7-8,10-11H,1,3-6,9,12H2,(H,24,28). The molecule has 0 radical (unpaired) electrons. The summed E-state index contributed by atoms with van der Waals surface area (Å²) >= 11 is 15.3. The maximum Gasteiger partial charge on any atom is 0.234 e. The molecule has 0 aliphatic heterocycles. The summed E-state index contributed by atoms with van der Waals surface area (Å²) < 4.78 is 2.02. The number of allylic oxidation sites excluding steroid dienone is 1. The molecule has 9 heteroatoms. The molecular weight excluding hydrogens is 459 g/mol. The van der Waals surface area contributed by atoms with E-state index in [4.69, 9.17) is 23.2 Å². The van der Waals surface area contributed by atoms with E-state index in [0.717, 1.165) is 24.2 Å². The van der Waals surface area contributed by atoms with Crippen LogP contribution in [-0.2, 0) is 24.2 Å². The maximum atomic E-state index is 12.4. The van der Waals surface area contributed by atoms with Gasteiger partial charge in [-0.15, -0.1) is 28.1 Å². The van der Waals surface area contributed by atoms with Crippen LogP contribution in [0.15, 0.2) is 41.4 Å². The normalized spacial score (nSPS) is 13.1. The van der Waals surface area contributed by atoms with Gasteiger partial charge in [-0.1, -0.05) is 41.0 Å². The van der Waals surface area contributed by atoms with Crippen LogP contribution in [0.2, 0.25) is 10.0 Å². The van der Waals surface area contributed by atoms with Gasteiger partial charge in [-0.25, -0.2) is 0 Å². The highest BCUT2D eigenvalue weighted by atomic mass is 35.5. The molecule has 0 saturated carbocycles. The first-order chi connectivity index (χ1) is 14.6. The molecule has 0 unspecified atom stereocenters. The smallest absolute Gasteiger partial charge is 0.234 e. The van der Waals surface area contributed by atoms with Crippen molar-refractivity contribution in [1.29, 1.82) is 0 Å². The lowest BCUT2D eigenvalue weighted by atomic mass is 9.95. The first kappa shape index (κ1) is 21.4. The van der Waals surface area contributed by atoms with E-state index in [-0.39, 0.29) is 11.7 Å². The van der Waals surface area contributed by atoms with Crippen molar-refractivity contribution >= 4 is 57.9 Å². The van der Waals surface area contributed by atoms with E-state index in [2.05, 4.69) is 27.5 Å². The summed E-state index contributed by atoms with van der Waals surface area (Å²) in [6.07, 6.45) is 6.50. The quantitative estimate of drug-likeness (QED) is 0.328. The minimum atomic E-state index is -0.188. The number of carbonyl (C=O) groups is 1. The Balaban J connectivity index is 1.51. The largest absolute Gasteiger partial charge is 0.324 e. The second-order valence-corrected chi connectivity index (χ2v) is 9.68. The number of nitrogens with zero attached hydrogens (tertiary/aromatic N) is 3. The minimum Gasteiger partial charge on any atom is -0.324 e. The fourth-order valence-corrected chi connectivity index (χ4v) is 5.69. The van der Waals surface area contributed by atoms with Crippen molar-refractivity contribution in [2.45, 2.75) is 37.4 Å². The Labute approximate surface area is 193 Å². The Morgan fingerprint density at radius 1 is 1.30 bits per heavy atom. The van der Waals surface area contributed by atoms with Gasteiger partial charge >= 0.3 is 0 Å². The second kappa shape index (κ2) is 9.56. The van der Waals surface area contributed by atoms with Crippen LogP contribution in [0.25, 0.3) is 11.4 Å². The van der Waals surface area contributed by atoms with E-state index in [9.17, 15) is 4.79 Å². The number of halogens is 2. The van der Waals surface area contributed by atoms with E-state index in [1.165, 1.54) is 35.0 Å². The lowest BCUT2D eigenvalue weighted by Crippen LogP contribution is -2.15. The van der Waals surface area contributed by atoms with Gasteiger partial charge in [0.15, 0.2) is 11.0 Å². The van der Waals surface area contributed by atoms with Crippen LogP contribution in [0.5, 0.6) is 0 Å². The number of nitrogens with one attached hydrogen (secondary N) is 1. The Bertz CT molecular complexity index is 1090. The first-order valence-corrected chi connectivity index (χ1v) is 12.2. The minimum absolute atomic E-state index is 0.180. The van der Waals surface area contributed by atoms with Gasteiger partial charge in [-0.2, -0.15) is 0 Å². The predicted molar refractivity (Wildman–Crippen MR) is 126 cm³/mol. The highest BCUT2D eigenvalue weighted by molar-refractivity contribution is 7.99. The molecule has 0 atom stereocenters. The van der Waals surface area contributed by atoms with Gasteiger partial charge in [-0.3, -0.25) is 9.36 Å². The summed E-state index contributed by atoms with van der Waals surface area (Å²) in [6, 6.07) is 4.96. The van der Waals surface area contributed by atoms with Gasteiger partial charge in [-0.05, 0) is 49.4 Å². The van der Waals surface area contributed by atoms with Crippen LogP contribution in [-0.4, -0.2) is 26.4 Å². The van der Waals surface area contributed by atoms with Gasteiger partial charge in [0.1, 0.15) is 0 Å². The van der Waals surface area contributed by atoms with E-state index in [1.807, 2.05) is 10.6 Å². The summed E-state index contributed by atoms with van der Waals surface area (Å²) in [4.78, 5) is 13.9. The van der Waals surface area contributed by atoms with Crippen LogP contribution in [0, 0.1) is 0 Å². The molecule has 1 aromatic carbocycles. The van der Waals surface area contributed by atoms with E-state index in [1.54, 1.807) is 29.5 Å². The summed E-state index contributed by atoms with van der Waals surface area (Å²) in [5.74, 6) is 0.835. The molecule has 30 heavy (non-hydrogen) atoms. The number of aryl methyl sites for hydroxylation is 1. The average Bonchev–Trinajstić information content (AvgIpc) is 3.33. The van der Waals surface area contributed by atoms with Crippen LogP contribution in [0.4, 0.5) is 5.69 Å². The summed E-state index contributed by atoms with van der Waals surface area (Å²) in [5.41, 5.74) is 3.05. The van der Waals surface area contributed by atoms with E-state index >= 15 is 0 Å². The number of aromatic nitrogens is 3. The van der Waals surface area contributed by atoms with Gasteiger partial charge in [0, 0.05) is 27.4 Å². The van der Waals surface area contributed by atoms with Gasteiger partial charge in [0.25, 0.3) is 0 Å². The van der Waals surface area contributed by atoms with Crippen molar-refractivity contribution in [2.75, 3.05) is 11.1 Å². The molecule has 1 aliphatic rings. The number of hydrogen-bond acceptors (Lipinski definition) is 5. The molecule has 4 rings (SSSR count). The first-order valence-electron chi connectivity index (χ1n) is 9.58. The molecule has 156 valence electrons. The number of carbonyl (C=O) groups excluding carboxylic acids is 1. The number of benzene rings is 1. The van der Waals surface area contributed by atoms with E-state index in [0.29, 0.717) is 27.4 Å². The lowest BCUT2D eigenvalue weighted by molar-refractivity contribution is -0.113. The van der Waals surface area contributed by atoms with Gasteiger partial charge in [0.05, 0.1) is 16.5 Å². The zero-order valence-corrected chi connectivity index (χ0v) is 19.3. The van der Waals surface area contributed by atoms with Crippen molar-refractivity contribution in [3.8, 4) is 11.4 Å². The molecule has 0 bridgehead atoms. The summed E-state index contributed by atoms with van der Waals surface area (Å²) in [5, 5.41) is 15.4. The number of anilines is 1. The number of fused-ring (bicyclic) bond motifs is 1. The maximum absolute atomic E-state index is 12.4. The molecule has 1 amide bonds. The van der Waals surface area contributed by atoms with Crippen LogP contribution in [0.1, 0.15) is 23.3 Å². The van der Waals surface area contributed by atoms with Crippen molar-refractivity contribution in [3.63, 3.8) is 0 Å². The van der Waals surface area contributed by atoms with E-state index < -0.39 is 0 Å². The number of thioether (sulfide) groups is 1. The molecular formula is C21H20Cl2N4OS2. The zero-order valence-electron chi connectivity index (χ0n) is 16.2. The zero-order chi connectivity index (χ0) is 21.1. The Hall–Kier alpha value is -1.80. The molecule has 3 aromatic rings. The molecule has 0 spiro atoms. The van der Waals surface area contributed by atoms with Crippen LogP contribution in [0.3, 0.4) is 0 Å². The van der Waals surface area contributed by atoms with Crippen LogP contribution >= 0.6 is 46.3 Å². The lowest BCUT2D eigenvalue weighted by Gasteiger charge is -2.13. The Morgan fingerprint density at radius 2 is 2.13 bits per heavy atom.